The Kier molecular flexibility index (Phi) is 8.16. The molecule has 0 aromatic heterocycles. The monoisotopic (exact) mass is 529 g/mol. The van der Waals surface area contributed by atoms with Crippen LogP contribution in [0.25, 0.3) is 17.2 Å². The molecule has 0 bridgehead atoms. The van der Waals surface area contributed by atoms with Gasteiger partial charge in [0.25, 0.3) is 0 Å². The molecule has 38 heavy (non-hydrogen) atoms. The predicted molar refractivity (Wildman–Crippen MR) is 154 cm³/mol. The number of halogens is 1. The van der Waals surface area contributed by atoms with Gasteiger partial charge in [0.15, 0.2) is 0 Å². The van der Waals surface area contributed by atoms with Crippen LogP contribution in [0.1, 0.15) is 41.5 Å². The molecule has 0 spiro atoms. The van der Waals surface area contributed by atoms with Crippen LogP contribution in [0.3, 0.4) is 0 Å². The number of morpholine rings is 1. The molecule has 1 aliphatic heterocycles. The van der Waals surface area contributed by atoms with Crippen LogP contribution in [0, 0.1) is 5.92 Å². The van der Waals surface area contributed by atoms with Gasteiger partial charge in [0.2, 0.25) is 0 Å². The Morgan fingerprint density at radius 3 is 2.21 bits per heavy atom. The van der Waals surface area contributed by atoms with Crippen molar-refractivity contribution in [2.45, 2.75) is 19.3 Å². The summed E-state index contributed by atoms with van der Waals surface area (Å²) < 4.78 is 10.9. The average Bonchev–Trinajstić information content (AvgIpc) is 2.92. The van der Waals surface area contributed by atoms with Crippen molar-refractivity contribution in [1.82, 2.24) is 0 Å². The summed E-state index contributed by atoms with van der Waals surface area (Å²) in [6.07, 6.45) is 6.20. The Morgan fingerprint density at radius 2 is 1.66 bits per heavy atom. The van der Waals surface area contributed by atoms with E-state index < -0.39 is 5.97 Å². The molecule has 5 rings (SSSR count). The first-order valence-electron chi connectivity index (χ1n) is 13.1. The largest absolute Gasteiger partial charge is 0.497 e. The smallest absolute Gasteiger partial charge is 0.328 e. The fourth-order valence-corrected chi connectivity index (χ4v) is 5.44. The number of hydrogen-bond acceptors (Lipinski definition) is 4. The summed E-state index contributed by atoms with van der Waals surface area (Å²) in [4.78, 5) is 13.3. The van der Waals surface area contributed by atoms with Crippen molar-refractivity contribution < 1.29 is 19.4 Å². The van der Waals surface area contributed by atoms with Crippen LogP contribution in [0.5, 0.6) is 5.75 Å². The van der Waals surface area contributed by atoms with Gasteiger partial charge in [-0.3, -0.25) is 0 Å². The molecule has 1 N–H and O–H groups in total. The van der Waals surface area contributed by atoms with Gasteiger partial charge in [0, 0.05) is 24.9 Å². The van der Waals surface area contributed by atoms with Crippen LogP contribution in [0.15, 0.2) is 72.8 Å². The van der Waals surface area contributed by atoms with E-state index in [1.165, 1.54) is 17.7 Å². The first-order chi connectivity index (χ1) is 18.5. The van der Waals surface area contributed by atoms with E-state index in [1.807, 2.05) is 24.3 Å². The number of carboxylic acid groups (broad SMARTS) is 1. The second-order valence-corrected chi connectivity index (χ2v) is 10.1. The summed E-state index contributed by atoms with van der Waals surface area (Å²) in [5.74, 6) is 0.176. The maximum Gasteiger partial charge on any atom is 0.328 e. The van der Waals surface area contributed by atoms with Gasteiger partial charge in [-0.15, -0.1) is 0 Å². The van der Waals surface area contributed by atoms with Crippen LogP contribution in [-0.4, -0.2) is 44.5 Å². The number of aliphatic carboxylic acids is 1. The summed E-state index contributed by atoms with van der Waals surface area (Å²) in [6, 6.07) is 22.8. The molecule has 1 aliphatic carbocycles. The predicted octanol–water partition coefficient (Wildman–Crippen LogP) is 7.04. The summed E-state index contributed by atoms with van der Waals surface area (Å²) in [5, 5.41) is 9.69. The molecule has 2 fully saturated rings. The molecule has 0 atom stereocenters. The van der Waals surface area contributed by atoms with E-state index in [0.717, 1.165) is 78.8 Å². The van der Waals surface area contributed by atoms with E-state index >= 15 is 0 Å². The average molecular weight is 530 g/mol. The number of carboxylic acids is 1. The first-order valence-corrected chi connectivity index (χ1v) is 13.4. The van der Waals surface area contributed by atoms with E-state index in [9.17, 15) is 4.79 Å². The number of benzene rings is 3. The molecule has 6 heteroatoms. The number of methoxy groups -OCH3 is 1. The van der Waals surface area contributed by atoms with Crippen molar-refractivity contribution in [1.29, 1.82) is 0 Å². The van der Waals surface area contributed by atoms with Crippen LogP contribution in [0.4, 0.5) is 5.69 Å². The van der Waals surface area contributed by atoms with Crippen molar-refractivity contribution in [3.8, 4) is 5.75 Å². The van der Waals surface area contributed by atoms with Crippen LogP contribution in [-0.2, 0) is 9.53 Å². The minimum atomic E-state index is -0.962. The first kappa shape index (κ1) is 26.1. The number of anilines is 1. The Morgan fingerprint density at radius 1 is 1.00 bits per heavy atom. The fraction of sp³-hybridized carbons (Fsp3) is 0.281. The van der Waals surface area contributed by atoms with E-state index in [4.69, 9.17) is 26.2 Å². The molecule has 1 saturated heterocycles. The number of allylic oxidation sites excluding steroid dienone is 1. The Hall–Kier alpha value is -3.54. The molecule has 2 aliphatic rings. The lowest BCUT2D eigenvalue weighted by Crippen LogP contribution is -2.36. The van der Waals surface area contributed by atoms with Crippen molar-refractivity contribution in [2.75, 3.05) is 38.3 Å². The van der Waals surface area contributed by atoms with E-state index in [1.54, 1.807) is 13.2 Å². The third-order valence-corrected chi connectivity index (χ3v) is 7.71. The van der Waals surface area contributed by atoms with Gasteiger partial charge in [-0.25, -0.2) is 4.79 Å². The quantitative estimate of drug-likeness (QED) is 0.250. The Balaban J connectivity index is 1.64. The standard InChI is InChI=1S/C32H32ClNO4/c1-37-27-14-15-28(29(33)21-27)32(23-3-2-4-23)31(24-8-5-22(6-9-24)7-16-30(35)36)25-10-12-26(13-11-25)34-17-19-38-20-18-34/h5-16,21,23H,2-4,17-20H2,1H3,(H,35,36)/b16-7+,32-31+. The Bertz CT molecular complexity index is 1330. The SMILES string of the molecule is COc1ccc(/C(=C(\c2ccc(/C=C/C(=O)O)cc2)c2ccc(N3CCOCC3)cc2)C2CCC2)c(Cl)c1. The number of carbonyl (C=O) groups is 1. The normalized spacial score (nSPS) is 16.7. The minimum absolute atomic E-state index is 0.404. The van der Waals surface area contributed by atoms with Crippen molar-refractivity contribution in [2.24, 2.45) is 5.92 Å². The van der Waals surface area contributed by atoms with Crippen LogP contribution >= 0.6 is 11.6 Å². The molecule has 1 heterocycles. The summed E-state index contributed by atoms with van der Waals surface area (Å²) >= 11 is 6.87. The number of rotatable bonds is 8. The summed E-state index contributed by atoms with van der Waals surface area (Å²) in [5.41, 5.74) is 7.67. The van der Waals surface area contributed by atoms with E-state index in [2.05, 4.69) is 47.4 Å². The molecule has 0 radical (unpaired) electrons. The van der Waals surface area contributed by atoms with Gasteiger partial charge in [-0.05, 0) is 88.6 Å². The lowest BCUT2D eigenvalue weighted by molar-refractivity contribution is -0.131. The lowest BCUT2D eigenvalue weighted by Gasteiger charge is -2.32. The van der Waals surface area contributed by atoms with Crippen molar-refractivity contribution in [3.63, 3.8) is 0 Å². The van der Waals surface area contributed by atoms with Gasteiger partial charge in [0.1, 0.15) is 5.75 Å². The zero-order valence-electron chi connectivity index (χ0n) is 21.5. The molecule has 3 aromatic carbocycles. The third kappa shape index (κ3) is 5.79. The summed E-state index contributed by atoms with van der Waals surface area (Å²) in [6.45, 7) is 3.28. The maximum atomic E-state index is 11.0. The molecule has 1 saturated carbocycles. The molecular formula is C32H32ClNO4. The lowest BCUT2D eigenvalue weighted by atomic mass is 9.73. The molecule has 3 aromatic rings. The third-order valence-electron chi connectivity index (χ3n) is 7.40. The molecule has 0 unspecified atom stereocenters. The second-order valence-electron chi connectivity index (χ2n) is 9.70. The topological polar surface area (TPSA) is 59.0 Å². The van der Waals surface area contributed by atoms with E-state index in [0.29, 0.717) is 10.9 Å². The number of nitrogens with zero attached hydrogens (tertiary/aromatic N) is 1. The van der Waals surface area contributed by atoms with Crippen molar-refractivity contribution >= 4 is 40.5 Å². The zero-order valence-corrected chi connectivity index (χ0v) is 22.3. The van der Waals surface area contributed by atoms with Gasteiger partial charge in [-0.2, -0.15) is 0 Å². The van der Waals surface area contributed by atoms with Gasteiger partial charge in [-0.1, -0.05) is 54.4 Å². The van der Waals surface area contributed by atoms with Gasteiger partial charge in [0.05, 0.1) is 25.3 Å². The van der Waals surface area contributed by atoms with Crippen molar-refractivity contribution in [3.05, 3.63) is 100 Å². The molecular weight excluding hydrogens is 498 g/mol. The fourth-order valence-electron chi connectivity index (χ4n) is 5.16. The van der Waals surface area contributed by atoms with Gasteiger partial charge < -0.3 is 19.5 Å². The molecule has 0 amide bonds. The summed E-state index contributed by atoms with van der Waals surface area (Å²) in [7, 11) is 1.65. The van der Waals surface area contributed by atoms with Crippen LogP contribution < -0.4 is 9.64 Å². The second kappa shape index (κ2) is 11.9. The number of ether oxygens (including phenoxy) is 2. The molecule has 5 nitrogen and oxygen atoms in total. The highest BCUT2D eigenvalue weighted by Crippen LogP contribution is 2.47. The Labute approximate surface area is 229 Å². The highest BCUT2D eigenvalue weighted by Gasteiger charge is 2.28. The van der Waals surface area contributed by atoms with Crippen LogP contribution in [0.2, 0.25) is 5.02 Å². The molecule has 196 valence electrons. The van der Waals surface area contributed by atoms with E-state index in [-0.39, 0.29) is 0 Å². The highest BCUT2D eigenvalue weighted by atomic mass is 35.5. The zero-order chi connectivity index (χ0) is 26.5. The number of hydrogen-bond donors (Lipinski definition) is 1. The minimum Gasteiger partial charge on any atom is -0.497 e. The highest BCUT2D eigenvalue weighted by molar-refractivity contribution is 6.33. The van der Waals surface area contributed by atoms with Gasteiger partial charge >= 0.3 is 5.97 Å². The maximum absolute atomic E-state index is 11.0.